The van der Waals surface area contributed by atoms with Crippen molar-refractivity contribution in [2.45, 2.75) is 32.0 Å². The quantitative estimate of drug-likeness (QED) is 0.900. The van der Waals surface area contributed by atoms with Gasteiger partial charge in [-0.15, -0.1) is 0 Å². The van der Waals surface area contributed by atoms with Gasteiger partial charge < -0.3 is 10.1 Å². The van der Waals surface area contributed by atoms with Crippen LogP contribution in [-0.4, -0.2) is 33.9 Å². The monoisotopic (exact) mass is 336 g/mol. The van der Waals surface area contributed by atoms with Crippen molar-refractivity contribution < 1.29 is 4.74 Å². The standard InChI is InChI=1S/C14H17BrN4O/c1-9-12(6-7-20-9)16-8-13-17-14(19-18-13)10-2-4-11(15)5-3-10/h2-5,9,12,16H,6-8H2,1H3,(H,17,18,19). The largest absolute Gasteiger partial charge is 0.377 e. The van der Waals surface area contributed by atoms with Gasteiger partial charge in [0.05, 0.1) is 12.6 Å². The smallest absolute Gasteiger partial charge is 0.181 e. The Morgan fingerprint density at radius 2 is 2.20 bits per heavy atom. The van der Waals surface area contributed by atoms with Crippen molar-refractivity contribution in [3.8, 4) is 11.4 Å². The Balaban J connectivity index is 1.63. The number of hydrogen-bond acceptors (Lipinski definition) is 4. The Bertz CT molecular complexity index is 569. The lowest BCUT2D eigenvalue weighted by Crippen LogP contribution is -2.34. The third-order valence-electron chi connectivity index (χ3n) is 3.54. The van der Waals surface area contributed by atoms with E-state index in [1.54, 1.807) is 0 Å². The molecule has 2 unspecified atom stereocenters. The van der Waals surface area contributed by atoms with Crippen molar-refractivity contribution in [3.05, 3.63) is 34.6 Å². The Hall–Kier alpha value is -1.24. The van der Waals surface area contributed by atoms with Crippen LogP contribution in [0.1, 0.15) is 19.2 Å². The molecule has 20 heavy (non-hydrogen) atoms. The average Bonchev–Trinajstić information content (AvgIpc) is 3.06. The van der Waals surface area contributed by atoms with Gasteiger partial charge in [0.2, 0.25) is 0 Å². The molecule has 0 radical (unpaired) electrons. The van der Waals surface area contributed by atoms with Gasteiger partial charge in [0.1, 0.15) is 5.82 Å². The first-order chi connectivity index (χ1) is 9.72. The van der Waals surface area contributed by atoms with Gasteiger partial charge in [-0.25, -0.2) is 4.98 Å². The van der Waals surface area contributed by atoms with E-state index in [0.29, 0.717) is 12.6 Å². The summed E-state index contributed by atoms with van der Waals surface area (Å²) in [6.45, 7) is 3.61. The number of aromatic amines is 1. The number of aromatic nitrogens is 3. The van der Waals surface area contributed by atoms with E-state index >= 15 is 0 Å². The fourth-order valence-electron chi connectivity index (χ4n) is 2.33. The predicted molar refractivity (Wildman–Crippen MR) is 80.2 cm³/mol. The van der Waals surface area contributed by atoms with Crippen LogP contribution in [0, 0.1) is 0 Å². The summed E-state index contributed by atoms with van der Waals surface area (Å²) in [5.74, 6) is 1.58. The van der Waals surface area contributed by atoms with Gasteiger partial charge >= 0.3 is 0 Å². The van der Waals surface area contributed by atoms with Crippen LogP contribution < -0.4 is 5.32 Å². The van der Waals surface area contributed by atoms with Crippen LogP contribution in [-0.2, 0) is 11.3 Å². The molecule has 1 aliphatic heterocycles. The molecule has 1 aromatic heterocycles. The van der Waals surface area contributed by atoms with Gasteiger partial charge in [-0.05, 0) is 25.5 Å². The molecule has 106 valence electrons. The summed E-state index contributed by atoms with van der Waals surface area (Å²) >= 11 is 3.42. The molecule has 0 bridgehead atoms. The lowest BCUT2D eigenvalue weighted by Gasteiger charge is -2.14. The van der Waals surface area contributed by atoms with Crippen molar-refractivity contribution in [2.24, 2.45) is 0 Å². The average molecular weight is 337 g/mol. The van der Waals surface area contributed by atoms with Crippen LogP contribution in [0.15, 0.2) is 28.7 Å². The zero-order valence-electron chi connectivity index (χ0n) is 11.3. The van der Waals surface area contributed by atoms with Crippen LogP contribution >= 0.6 is 15.9 Å². The van der Waals surface area contributed by atoms with E-state index in [2.05, 4.69) is 43.4 Å². The van der Waals surface area contributed by atoms with Crippen LogP contribution in [0.2, 0.25) is 0 Å². The molecule has 3 rings (SSSR count). The second kappa shape index (κ2) is 6.03. The number of H-pyrrole nitrogens is 1. The fraction of sp³-hybridized carbons (Fsp3) is 0.429. The van der Waals surface area contributed by atoms with Gasteiger partial charge in [-0.1, -0.05) is 28.1 Å². The molecule has 5 nitrogen and oxygen atoms in total. The summed E-state index contributed by atoms with van der Waals surface area (Å²) in [5, 5.41) is 10.7. The molecular formula is C14H17BrN4O. The summed E-state index contributed by atoms with van der Waals surface area (Å²) in [7, 11) is 0. The number of nitrogens with one attached hydrogen (secondary N) is 2. The van der Waals surface area contributed by atoms with E-state index < -0.39 is 0 Å². The molecule has 2 heterocycles. The number of halogens is 1. The van der Waals surface area contributed by atoms with Gasteiger partial charge in [0, 0.05) is 22.7 Å². The molecule has 0 saturated carbocycles. The maximum atomic E-state index is 5.53. The number of hydrogen-bond donors (Lipinski definition) is 2. The van der Waals surface area contributed by atoms with Crippen molar-refractivity contribution in [1.82, 2.24) is 20.5 Å². The SMILES string of the molecule is CC1OCCC1NCc1nc(-c2ccc(Br)cc2)n[nH]1. The summed E-state index contributed by atoms with van der Waals surface area (Å²) in [5.41, 5.74) is 1.01. The highest BCUT2D eigenvalue weighted by atomic mass is 79.9. The maximum absolute atomic E-state index is 5.53. The van der Waals surface area contributed by atoms with Gasteiger partial charge in [0.15, 0.2) is 5.82 Å². The zero-order chi connectivity index (χ0) is 13.9. The molecule has 0 aliphatic carbocycles. The van der Waals surface area contributed by atoms with Crippen molar-refractivity contribution >= 4 is 15.9 Å². The number of benzene rings is 1. The first-order valence-electron chi connectivity index (χ1n) is 6.74. The van der Waals surface area contributed by atoms with Crippen LogP contribution in [0.5, 0.6) is 0 Å². The predicted octanol–water partition coefficient (Wildman–Crippen LogP) is 2.50. The Labute approximate surface area is 126 Å². The molecule has 1 fully saturated rings. The summed E-state index contributed by atoms with van der Waals surface area (Å²) in [6, 6.07) is 8.37. The molecule has 0 amide bonds. The molecule has 1 aliphatic rings. The minimum atomic E-state index is 0.267. The number of nitrogens with zero attached hydrogens (tertiary/aromatic N) is 2. The molecule has 6 heteroatoms. The second-order valence-corrected chi connectivity index (χ2v) is 5.88. The third kappa shape index (κ3) is 3.08. The number of rotatable bonds is 4. The van der Waals surface area contributed by atoms with Gasteiger partial charge in [0.25, 0.3) is 0 Å². The lowest BCUT2D eigenvalue weighted by molar-refractivity contribution is 0.113. The molecule has 0 spiro atoms. The lowest BCUT2D eigenvalue weighted by atomic mass is 10.1. The van der Waals surface area contributed by atoms with Gasteiger partial charge in [-0.2, -0.15) is 5.10 Å². The van der Waals surface area contributed by atoms with Crippen molar-refractivity contribution in [2.75, 3.05) is 6.61 Å². The molecule has 2 aromatic rings. The van der Waals surface area contributed by atoms with Crippen LogP contribution in [0.3, 0.4) is 0 Å². The Morgan fingerprint density at radius 3 is 2.90 bits per heavy atom. The highest BCUT2D eigenvalue weighted by Crippen LogP contribution is 2.18. The van der Waals surface area contributed by atoms with E-state index in [1.165, 1.54) is 0 Å². The summed E-state index contributed by atoms with van der Waals surface area (Å²) < 4.78 is 6.58. The van der Waals surface area contributed by atoms with E-state index in [-0.39, 0.29) is 6.10 Å². The first-order valence-corrected chi connectivity index (χ1v) is 7.54. The van der Waals surface area contributed by atoms with E-state index in [4.69, 9.17) is 4.74 Å². The molecule has 1 saturated heterocycles. The number of ether oxygens (including phenoxy) is 1. The topological polar surface area (TPSA) is 62.8 Å². The van der Waals surface area contributed by atoms with Crippen LogP contribution in [0.25, 0.3) is 11.4 Å². The third-order valence-corrected chi connectivity index (χ3v) is 4.07. The Kier molecular flexibility index (Phi) is 4.14. The first kappa shape index (κ1) is 13.7. The second-order valence-electron chi connectivity index (χ2n) is 4.96. The normalized spacial score (nSPS) is 22.3. The highest BCUT2D eigenvalue weighted by Gasteiger charge is 2.23. The van der Waals surface area contributed by atoms with E-state index in [9.17, 15) is 0 Å². The molecular weight excluding hydrogens is 320 g/mol. The van der Waals surface area contributed by atoms with Crippen molar-refractivity contribution in [3.63, 3.8) is 0 Å². The van der Waals surface area contributed by atoms with E-state index in [1.807, 2.05) is 24.3 Å². The molecule has 2 atom stereocenters. The fourth-order valence-corrected chi connectivity index (χ4v) is 2.59. The van der Waals surface area contributed by atoms with E-state index in [0.717, 1.165) is 34.7 Å². The molecule has 1 aromatic carbocycles. The summed E-state index contributed by atoms with van der Waals surface area (Å²) in [4.78, 5) is 4.51. The Morgan fingerprint density at radius 1 is 1.40 bits per heavy atom. The summed E-state index contributed by atoms with van der Waals surface area (Å²) in [6.07, 6.45) is 1.32. The minimum Gasteiger partial charge on any atom is -0.377 e. The molecule has 2 N–H and O–H groups in total. The van der Waals surface area contributed by atoms with Crippen molar-refractivity contribution in [1.29, 1.82) is 0 Å². The zero-order valence-corrected chi connectivity index (χ0v) is 12.9. The maximum Gasteiger partial charge on any atom is 0.181 e. The van der Waals surface area contributed by atoms with Gasteiger partial charge in [-0.3, -0.25) is 5.10 Å². The highest BCUT2D eigenvalue weighted by molar-refractivity contribution is 9.10. The van der Waals surface area contributed by atoms with Crippen LogP contribution in [0.4, 0.5) is 0 Å². The minimum absolute atomic E-state index is 0.267.